The van der Waals surface area contributed by atoms with Crippen LogP contribution in [0.4, 0.5) is 18.9 Å². The van der Waals surface area contributed by atoms with Crippen LogP contribution in [0.2, 0.25) is 0 Å². The van der Waals surface area contributed by atoms with Crippen molar-refractivity contribution in [2.75, 3.05) is 0 Å². The highest BCUT2D eigenvalue weighted by Crippen LogP contribution is 2.21. The smallest absolute Gasteiger partial charge is 0.287 e. The van der Waals surface area contributed by atoms with Gasteiger partial charge in [-0.15, -0.1) is 11.6 Å². The highest BCUT2D eigenvalue weighted by Gasteiger charge is 2.42. The molecule has 24 heavy (non-hydrogen) atoms. The van der Waals surface area contributed by atoms with Crippen LogP contribution in [0.15, 0.2) is 40.1 Å². The summed E-state index contributed by atoms with van der Waals surface area (Å²) < 4.78 is 39.8. The monoisotopic (exact) mass is 359 g/mol. The molecular weight excluding hydrogens is 347 g/mol. The molecule has 9 heteroatoms. The molecule has 1 heterocycles. The Balaban J connectivity index is 2.42. The van der Waals surface area contributed by atoms with Crippen molar-refractivity contribution < 1.29 is 18.0 Å². The first kappa shape index (κ1) is 18.0. The number of alkyl halides is 4. The first-order valence-corrected chi connectivity index (χ1v) is 7.21. The Labute approximate surface area is 140 Å². The number of hydrogen-bond acceptors (Lipinski definition) is 3. The molecule has 0 aliphatic rings. The minimum absolute atomic E-state index is 0.0815. The van der Waals surface area contributed by atoms with Gasteiger partial charge in [-0.1, -0.05) is 18.2 Å². The minimum atomic E-state index is -5.06. The van der Waals surface area contributed by atoms with Crippen LogP contribution >= 0.6 is 11.6 Å². The quantitative estimate of drug-likeness (QED) is 0.622. The maximum absolute atomic E-state index is 12.5. The van der Waals surface area contributed by atoms with Crippen LogP contribution in [0.5, 0.6) is 0 Å². The molecule has 0 aliphatic heterocycles. The zero-order valence-corrected chi connectivity index (χ0v) is 13.5. The largest absolute Gasteiger partial charge is 0.451 e. The van der Waals surface area contributed by atoms with Crippen molar-refractivity contribution in [3.05, 3.63) is 46.4 Å². The van der Waals surface area contributed by atoms with Gasteiger partial charge in [0.05, 0.1) is 11.4 Å². The summed E-state index contributed by atoms with van der Waals surface area (Å²) in [6.07, 6.45) is -4.44. The van der Waals surface area contributed by atoms with E-state index in [2.05, 4.69) is 4.99 Å². The number of Topliss-reactive ketones (excluding diaryl/α,β-unsaturated/α-hetero) is 1. The number of halogens is 4. The van der Waals surface area contributed by atoms with Gasteiger partial charge in [0.1, 0.15) is 5.38 Å². The van der Waals surface area contributed by atoms with Crippen molar-refractivity contribution in [1.29, 1.82) is 0 Å². The third kappa shape index (κ3) is 3.43. The van der Waals surface area contributed by atoms with E-state index in [1.165, 1.54) is 9.36 Å². The molecule has 1 aromatic carbocycles. The van der Waals surface area contributed by atoms with Crippen molar-refractivity contribution in [3.63, 3.8) is 0 Å². The molecule has 2 rings (SSSR count). The summed E-state index contributed by atoms with van der Waals surface area (Å²) in [5.74, 6) is -2.13. The predicted octanol–water partition coefficient (Wildman–Crippen LogP) is 2.93. The third-order valence-corrected chi connectivity index (χ3v) is 3.70. The molecule has 0 radical (unpaired) electrons. The van der Waals surface area contributed by atoms with E-state index in [4.69, 9.17) is 11.6 Å². The second kappa shape index (κ2) is 6.64. The minimum Gasteiger partial charge on any atom is -0.287 e. The van der Waals surface area contributed by atoms with Crippen molar-refractivity contribution in [2.24, 2.45) is 12.0 Å². The van der Waals surface area contributed by atoms with Gasteiger partial charge in [-0.25, -0.2) is 4.68 Å². The van der Waals surface area contributed by atoms with Crippen LogP contribution in [0.1, 0.15) is 5.69 Å². The molecule has 0 bridgehead atoms. The normalized spacial score (nSPS) is 13.4. The van der Waals surface area contributed by atoms with Crippen LogP contribution in [-0.2, 0) is 11.8 Å². The number of benzene rings is 1. The molecule has 0 spiro atoms. The lowest BCUT2D eigenvalue weighted by Gasteiger charge is -2.07. The lowest BCUT2D eigenvalue weighted by atomic mass is 10.3. The summed E-state index contributed by atoms with van der Waals surface area (Å²) in [7, 11) is 1.61. The first-order chi connectivity index (χ1) is 11.1. The standard InChI is InChI=1S/C15H13ClF3N3O2/c1-9-12(20-8-11(16)13(23)15(17,18)19)14(24)22(21(9)2)10-6-4-3-5-7-10/h3-8,11H,1-2H3. The number of rotatable bonds is 4. The maximum Gasteiger partial charge on any atom is 0.451 e. The summed E-state index contributed by atoms with van der Waals surface area (Å²) >= 11 is 5.40. The Bertz CT molecular complexity index is 838. The number of aliphatic imine (C=N–C) groups is 1. The number of para-hydroxylation sites is 1. The maximum atomic E-state index is 12.5. The molecule has 0 saturated heterocycles. The lowest BCUT2D eigenvalue weighted by Crippen LogP contribution is -2.32. The number of aromatic nitrogens is 2. The Morgan fingerprint density at radius 1 is 1.29 bits per heavy atom. The van der Waals surface area contributed by atoms with E-state index in [1.54, 1.807) is 44.3 Å². The van der Waals surface area contributed by atoms with Gasteiger partial charge in [0.15, 0.2) is 5.69 Å². The highest BCUT2D eigenvalue weighted by molar-refractivity contribution is 6.40. The van der Waals surface area contributed by atoms with E-state index in [1.807, 2.05) is 0 Å². The van der Waals surface area contributed by atoms with Gasteiger partial charge in [0.2, 0.25) is 0 Å². The van der Waals surface area contributed by atoms with Crippen LogP contribution in [0, 0.1) is 6.92 Å². The van der Waals surface area contributed by atoms with E-state index >= 15 is 0 Å². The van der Waals surface area contributed by atoms with E-state index in [9.17, 15) is 22.8 Å². The second-order valence-electron chi connectivity index (χ2n) is 4.95. The lowest BCUT2D eigenvalue weighted by molar-refractivity contribution is -0.169. The van der Waals surface area contributed by atoms with E-state index in [0.717, 1.165) is 0 Å². The molecule has 1 unspecified atom stereocenters. The molecule has 0 fully saturated rings. The molecule has 0 N–H and O–H groups in total. The summed E-state index contributed by atoms with van der Waals surface area (Å²) in [6, 6.07) is 8.66. The molecule has 2 aromatic rings. The van der Waals surface area contributed by atoms with E-state index in [-0.39, 0.29) is 5.69 Å². The Hall–Kier alpha value is -2.35. The molecule has 5 nitrogen and oxygen atoms in total. The van der Waals surface area contributed by atoms with E-state index < -0.39 is 22.9 Å². The van der Waals surface area contributed by atoms with Crippen molar-refractivity contribution >= 4 is 29.3 Å². The summed E-state index contributed by atoms with van der Waals surface area (Å²) in [5, 5.41) is -1.99. The number of carbonyl (C=O) groups is 1. The molecule has 0 aliphatic carbocycles. The fraction of sp³-hybridized carbons (Fsp3) is 0.267. The van der Waals surface area contributed by atoms with Crippen LogP contribution in [0.25, 0.3) is 5.69 Å². The zero-order chi connectivity index (χ0) is 18.1. The fourth-order valence-corrected chi connectivity index (χ4v) is 2.25. The van der Waals surface area contributed by atoms with Crippen molar-refractivity contribution in [3.8, 4) is 5.69 Å². The number of carbonyl (C=O) groups excluding carboxylic acids is 1. The number of nitrogens with zero attached hydrogens (tertiary/aromatic N) is 3. The molecule has 1 aromatic heterocycles. The van der Waals surface area contributed by atoms with Crippen molar-refractivity contribution in [2.45, 2.75) is 18.5 Å². The molecule has 128 valence electrons. The van der Waals surface area contributed by atoms with Gasteiger partial charge in [0.25, 0.3) is 11.3 Å². The van der Waals surface area contributed by atoms with Crippen LogP contribution in [0.3, 0.4) is 0 Å². The van der Waals surface area contributed by atoms with Crippen LogP contribution in [-0.4, -0.2) is 32.9 Å². The zero-order valence-electron chi connectivity index (χ0n) is 12.7. The van der Waals surface area contributed by atoms with E-state index in [0.29, 0.717) is 17.6 Å². The Kier molecular flexibility index (Phi) is 4.98. The average Bonchev–Trinajstić information content (AvgIpc) is 2.74. The second-order valence-corrected chi connectivity index (χ2v) is 5.42. The van der Waals surface area contributed by atoms with Gasteiger partial charge < -0.3 is 0 Å². The number of hydrogen-bond donors (Lipinski definition) is 0. The van der Waals surface area contributed by atoms with Gasteiger partial charge in [-0.2, -0.15) is 13.2 Å². The highest BCUT2D eigenvalue weighted by atomic mass is 35.5. The molecule has 0 saturated carbocycles. The topological polar surface area (TPSA) is 56.4 Å². The summed E-state index contributed by atoms with van der Waals surface area (Å²) in [4.78, 5) is 27.2. The summed E-state index contributed by atoms with van der Waals surface area (Å²) in [6.45, 7) is 1.59. The Morgan fingerprint density at radius 3 is 2.42 bits per heavy atom. The molecule has 0 amide bonds. The van der Waals surface area contributed by atoms with Gasteiger partial charge in [-0.05, 0) is 19.1 Å². The third-order valence-electron chi connectivity index (χ3n) is 3.39. The van der Waals surface area contributed by atoms with Gasteiger partial charge >= 0.3 is 6.18 Å². The van der Waals surface area contributed by atoms with Gasteiger partial charge in [0, 0.05) is 13.3 Å². The number of ketones is 1. The Morgan fingerprint density at radius 2 is 1.88 bits per heavy atom. The van der Waals surface area contributed by atoms with Crippen molar-refractivity contribution in [1.82, 2.24) is 9.36 Å². The summed E-state index contributed by atoms with van der Waals surface area (Å²) in [5.41, 5.74) is 0.384. The van der Waals surface area contributed by atoms with Gasteiger partial charge in [-0.3, -0.25) is 19.3 Å². The van der Waals surface area contributed by atoms with Crippen LogP contribution < -0.4 is 5.56 Å². The predicted molar refractivity (Wildman–Crippen MR) is 84.6 cm³/mol. The SMILES string of the molecule is Cc1c(N=CC(Cl)C(=O)C(F)(F)F)c(=O)n(-c2ccccc2)n1C. The average molecular weight is 360 g/mol. The first-order valence-electron chi connectivity index (χ1n) is 6.78. The molecular formula is C15H13ClF3N3O2. The molecule has 1 atom stereocenters. The fourth-order valence-electron chi connectivity index (χ4n) is 2.07.